The highest BCUT2D eigenvalue weighted by atomic mass is 32.1. The Balaban J connectivity index is 2.14. The summed E-state index contributed by atoms with van der Waals surface area (Å²) in [5.74, 6) is 0.298. The highest BCUT2D eigenvalue weighted by Crippen LogP contribution is 2.29. The number of carbonyl (C=O) groups is 1. The molecule has 0 spiro atoms. The minimum Gasteiger partial charge on any atom is -0.382 e. The smallest absolute Gasteiger partial charge is 0.267 e. The van der Waals surface area contributed by atoms with Crippen LogP contribution < -0.4 is 10.6 Å². The van der Waals surface area contributed by atoms with Crippen LogP contribution in [0.2, 0.25) is 0 Å². The minimum absolute atomic E-state index is 0.0301. The highest BCUT2D eigenvalue weighted by Gasteiger charge is 2.27. The Morgan fingerprint density at radius 2 is 2.40 bits per heavy atom. The van der Waals surface area contributed by atoms with E-state index in [2.05, 4.69) is 4.98 Å². The molecule has 1 amide bonds. The SMILES string of the molecule is CCN(C)c1nc(N)c(C(=O)N2CCCC(OC)C2)s1. The molecular weight excluding hydrogens is 276 g/mol. The van der Waals surface area contributed by atoms with Gasteiger partial charge >= 0.3 is 0 Å². The minimum atomic E-state index is -0.0301. The molecule has 0 saturated carbocycles. The van der Waals surface area contributed by atoms with Gasteiger partial charge in [-0.15, -0.1) is 0 Å². The first-order valence-electron chi connectivity index (χ1n) is 6.86. The second-order valence-corrected chi connectivity index (χ2v) is 5.95. The van der Waals surface area contributed by atoms with Gasteiger partial charge in [0.15, 0.2) is 5.13 Å². The van der Waals surface area contributed by atoms with Crippen molar-refractivity contribution < 1.29 is 9.53 Å². The van der Waals surface area contributed by atoms with E-state index in [1.54, 1.807) is 7.11 Å². The number of amides is 1. The number of piperidine rings is 1. The Bertz CT molecular complexity index is 477. The van der Waals surface area contributed by atoms with Crippen LogP contribution in [0.1, 0.15) is 29.4 Å². The Labute approximate surface area is 123 Å². The van der Waals surface area contributed by atoms with Crippen LogP contribution in [0.3, 0.4) is 0 Å². The number of carbonyl (C=O) groups excluding carboxylic acids is 1. The van der Waals surface area contributed by atoms with Crippen molar-refractivity contribution in [3.05, 3.63) is 4.88 Å². The average Bonchev–Trinajstić information content (AvgIpc) is 2.87. The lowest BCUT2D eigenvalue weighted by Crippen LogP contribution is -2.42. The van der Waals surface area contributed by atoms with Crippen LogP contribution in [0.5, 0.6) is 0 Å². The van der Waals surface area contributed by atoms with E-state index < -0.39 is 0 Å². The maximum absolute atomic E-state index is 12.5. The lowest BCUT2D eigenvalue weighted by Gasteiger charge is -2.31. The summed E-state index contributed by atoms with van der Waals surface area (Å²) in [4.78, 5) is 21.2. The number of nitrogens with two attached hydrogens (primary N) is 1. The molecule has 0 aromatic carbocycles. The van der Waals surface area contributed by atoms with Crippen LogP contribution >= 0.6 is 11.3 Å². The molecule has 1 unspecified atom stereocenters. The quantitative estimate of drug-likeness (QED) is 0.910. The number of aromatic nitrogens is 1. The summed E-state index contributed by atoms with van der Waals surface area (Å²) in [7, 11) is 3.63. The van der Waals surface area contributed by atoms with Gasteiger partial charge in [-0.3, -0.25) is 4.79 Å². The van der Waals surface area contributed by atoms with E-state index >= 15 is 0 Å². The third-order valence-corrected chi connectivity index (χ3v) is 4.81. The van der Waals surface area contributed by atoms with Gasteiger partial charge in [-0.25, -0.2) is 4.98 Å². The van der Waals surface area contributed by atoms with Gasteiger partial charge in [0.2, 0.25) is 0 Å². The summed E-state index contributed by atoms with van der Waals surface area (Å²) >= 11 is 1.36. The second-order valence-electron chi connectivity index (χ2n) is 4.98. The summed E-state index contributed by atoms with van der Waals surface area (Å²) in [6.45, 7) is 4.25. The summed E-state index contributed by atoms with van der Waals surface area (Å²) in [5, 5.41) is 0.786. The van der Waals surface area contributed by atoms with Crippen molar-refractivity contribution in [1.82, 2.24) is 9.88 Å². The zero-order valence-corrected chi connectivity index (χ0v) is 13.1. The fourth-order valence-electron chi connectivity index (χ4n) is 2.23. The molecule has 2 N–H and O–H groups in total. The van der Waals surface area contributed by atoms with Crippen molar-refractivity contribution >= 4 is 28.2 Å². The predicted octanol–water partition coefficient (Wildman–Crippen LogP) is 1.43. The molecular formula is C13H22N4O2S. The van der Waals surface area contributed by atoms with Crippen LogP contribution in [-0.2, 0) is 4.74 Å². The summed E-state index contributed by atoms with van der Waals surface area (Å²) < 4.78 is 5.35. The molecule has 1 aromatic rings. The maximum Gasteiger partial charge on any atom is 0.267 e. The number of nitrogens with zero attached hydrogens (tertiary/aromatic N) is 3. The summed E-state index contributed by atoms with van der Waals surface area (Å²) in [6.07, 6.45) is 2.09. The normalized spacial score (nSPS) is 19.1. The van der Waals surface area contributed by atoms with Crippen LogP contribution in [-0.4, -0.2) is 55.7 Å². The fraction of sp³-hybridized carbons (Fsp3) is 0.692. The van der Waals surface area contributed by atoms with Crippen LogP contribution in [0, 0.1) is 0 Å². The van der Waals surface area contributed by atoms with Crippen molar-refractivity contribution in [2.45, 2.75) is 25.9 Å². The molecule has 7 heteroatoms. The molecule has 2 heterocycles. The molecule has 20 heavy (non-hydrogen) atoms. The number of likely N-dealkylation sites (tertiary alicyclic amines) is 1. The van der Waals surface area contributed by atoms with Gasteiger partial charge in [0, 0.05) is 33.8 Å². The van der Waals surface area contributed by atoms with Crippen LogP contribution in [0.25, 0.3) is 0 Å². The molecule has 1 atom stereocenters. The second kappa shape index (κ2) is 6.41. The third kappa shape index (κ3) is 3.04. The fourth-order valence-corrected chi connectivity index (χ4v) is 3.21. The van der Waals surface area contributed by atoms with Gasteiger partial charge in [0.25, 0.3) is 5.91 Å². The van der Waals surface area contributed by atoms with Crippen LogP contribution in [0.4, 0.5) is 10.9 Å². The van der Waals surface area contributed by atoms with Gasteiger partial charge in [0.05, 0.1) is 6.10 Å². The largest absolute Gasteiger partial charge is 0.382 e. The topological polar surface area (TPSA) is 71.7 Å². The monoisotopic (exact) mass is 298 g/mol. The number of ether oxygens (including phenoxy) is 1. The van der Waals surface area contributed by atoms with E-state index in [-0.39, 0.29) is 12.0 Å². The number of methoxy groups -OCH3 is 1. The van der Waals surface area contributed by atoms with Gasteiger partial charge in [-0.1, -0.05) is 11.3 Å². The first-order valence-corrected chi connectivity index (χ1v) is 7.68. The van der Waals surface area contributed by atoms with E-state index in [1.165, 1.54) is 11.3 Å². The summed E-state index contributed by atoms with van der Waals surface area (Å²) in [6, 6.07) is 0. The number of thiazole rings is 1. The van der Waals surface area contributed by atoms with E-state index in [1.807, 2.05) is 23.8 Å². The molecule has 0 radical (unpaired) electrons. The van der Waals surface area contributed by atoms with Gasteiger partial charge in [-0.05, 0) is 19.8 Å². The van der Waals surface area contributed by atoms with E-state index in [0.29, 0.717) is 17.2 Å². The molecule has 6 nitrogen and oxygen atoms in total. The first kappa shape index (κ1) is 15.1. The van der Waals surface area contributed by atoms with Crippen molar-refractivity contribution in [1.29, 1.82) is 0 Å². The van der Waals surface area contributed by atoms with Crippen LogP contribution in [0.15, 0.2) is 0 Å². The molecule has 1 aliphatic heterocycles. The number of hydrogen-bond acceptors (Lipinski definition) is 6. The Morgan fingerprint density at radius 1 is 1.65 bits per heavy atom. The molecule has 1 fully saturated rings. The highest BCUT2D eigenvalue weighted by molar-refractivity contribution is 7.18. The number of nitrogen functional groups attached to an aromatic ring is 1. The van der Waals surface area contributed by atoms with Crippen molar-refractivity contribution in [2.24, 2.45) is 0 Å². The zero-order chi connectivity index (χ0) is 14.7. The molecule has 0 bridgehead atoms. The molecule has 0 aliphatic carbocycles. The standard InChI is InChI=1S/C13H22N4O2S/c1-4-16(2)13-15-11(14)10(20-13)12(18)17-7-5-6-9(8-17)19-3/h9H,4-8,14H2,1-3H3. The molecule has 1 aliphatic rings. The number of hydrogen-bond donors (Lipinski definition) is 1. The van der Waals surface area contributed by atoms with Gasteiger partial charge < -0.3 is 20.3 Å². The Hall–Kier alpha value is -1.34. The van der Waals surface area contributed by atoms with Crippen molar-refractivity contribution in [3.63, 3.8) is 0 Å². The average molecular weight is 298 g/mol. The number of anilines is 2. The third-order valence-electron chi connectivity index (χ3n) is 3.64. The zero-order valence-electron chi connectivity index (χ0n) is 12.3. The Morgan fingerprint density at radius 3 is 3.05 bits per heavy atom. The van der Waals surface area contributed by atoms with Gasteiger partial charge in [-0.2, -0.15) is 0 Å². The van der Waals surface area contributed by atoms with Crippen molar-refractivity contribution in [2.75, 3.05) is 44.4 Å². The summed E-state index contributed by atoms with van der Waals surface area (Å²) in [5.41, 5.74) is 5.90. The predicted molar refractivity (Wildman–Crippen MR) is 81.4 cm³/mol. The van der Waals surface area contributed by atoms with Gasteiger partial charge in [0.1, 0.15) is 10.7 Å². The van der Waals surface area contributed by atoms with Crippen molar-refractivity contribution in [3.8, 4) is 0 Å². The molecule has 1 aromatic heterocycles. The van der Waals surface area contributed by atoms with E-state index in [0.717, 1.165) is 31.1 Å². The molecule has 2 rings (SSSR count). The van der Waals surface area contributed by atoms with E-state index in [9.17, 15) is 4.79 Å². The van der Waals surface area contributed by atoms with E-state index in [4.69, 9.17) is 10.5 Å². The first-order chi connectivity index (χ1) is 9.56. The lowest BCUT2D eigenvalue weighted by atomic mass is 10.1. The Kier molecular flexibility index (Phi) is 4.82. The molecule has 1 saturated heterocycles. The molecule has 112 valence electrons. The number of rotatable bonds is 4. The lowest BCUT2D eigenvalue weighted by molar-refractivity contribution is 0.0272. The maximum atomic E-state index is 12.5.